The Morgan fingerprint density at radius 1 is 1.13 bits per heavy atom. The fourth-order valence-electron chi connectivity index (χ4n) is 2.48. The van der Waals surface area contributed by atoms with Gasteiger partial charge in [0, 0.05) is 25.7 Å². The van der Waals surface area contributed by atoms with Crippen molar-refractivity contribution in [1.29, 1.82) is 0 Å². The molecule has 0 aliphatic heterocycles. The number of hydrogen-bond acceptors (Lipinski definition) is 3. The van der Waals surface area contributed by atoms with Gasteiger partial charge in [0.25, 0.3) is 0 Å². The maximum Gasteiger partial charge on any atom is 0.221 e. The Morgan fingerprint density at radius 3 is 2.39 bits per heavy atom. The van der Waals surface area contributed by atoms with Gasteiger partial charge in [-0.05, 0) is 36.7 Å². The first kappa shape index (κ1) is 17.2. The lowest BCUT2D eigenvalue weighted by atomic mass is 10.1. The van der Waals surface area contributed by atoms with Gasteiger partial charge in [0.15, 0.2) is 0 Å². The van der Waals surface area contributed by atoms with E-state index in [2.05, 4.69) is 29.4 Å². The standard InChI is InChI=1S/C19H24N2O2/c1-15(22)20-18-10-8-17(9-11-18)19(23)12-13-21(2)14-16-6-4-3-5-7-16/h3-11,19,23H,12-14H2,1-2H3,(H,20,22). The lowest BCUT2D eigenvalue weighted by Gasteiger charge is -2.19. The lowest BCUT2D eigenvalue weighted by Crippen LogP contribution is -2.20. The molecule has 0 fully saturated rings. The minimum atomic E-state index is -0.500. The molecule has 1 atom stereocenters. The molecular weight excluding hydrogens is 288 g/mol. The number of anilines is 1. The lowest BCUT2D eigenvalue weighted by molar-refractivity contribution is -0.114. The predicted octanol–water partition coefficient (Wildman–Crippen LogP) is 3.20. The summed E-state index contributed by atoms with van der Waals surface area (Å²) in [6.07, 6.45) is 0.169. The molecule has 0 spiro atoms. The van der Waals surface area contributed by atoms with Crippen LogP contribution in [0.15, 0.2) is 54.6 Å². The molecule has 122 valence electrons. The highest BCUT2D eigenvalue weighted by Crippen LogP contribution is 2.19. The van der Waals surface area contributed by atoms with Gasteiger partial charge in [-0.1, -0.05) is 42.5 Å². The van der Waals surface area contributed by atoms with Crippen LogP contribution < -0.4 is 5.32 Å². The van der Waals surface area contributed by atoms with Crippen molar-refractivity contribution in [3.63, 3.8) is 0 Å². The molecule has 0 saturated carbocycles. The van der Waals surface area contributed by atoms with Crippen molar-refractivity contribution in [2.24, 2.45) is 0 Å². The highest BCUT2D eigenvalue weighted by molar-refractivity contribution is 5.88. The van der Waals surface area contributed by atoms with Crippen LogP contribution in [0.1, 0.15) is 30.6 Å². The number of amides is 1. The van der Waals surface area contributed by atoms with E-state index in [0.717, 1.165) is 24.3 Å². The van der Waals surface area contributed by atoms with Crippen molar-refractivity contribution in [2.45, 2.75) is 26.0 Å². The van der Waals surface area contributed by atoms with E-state index in [9.17, 15) is 9.90 Å². The van der Waals surface area contributed by atoms with E-state index in [1.165, 1.54) is 12.5 Å². The third-order valence-corrected chi connectivity index (χ3v) is 3.70. The van der Waals surface area contributed by atoms with Crippen molar-refractivity contribution in [1.82, 2.24) is 4.90 Å². The number of carbonyl (C=O) groups is 1. The summed E-state index contributed by atoms with van der Waals surface area (Å²) in [6, 6.07) is 17.6. The first-order valence-electron chi connectivity index (χ1n) is 7.82. The summed E-state index contributed by atoms with van der Waals surface area (Å²) in [4.78, 5) is 13.2. The van der Waals surface area contributed by atoms with Crippen molar-refractivity contribution in [3.05, 3.63) is 65.7 Å². The van der Waals surface area contributed by atoms with Crippen LogP contribution in [0.2, 0.25) is 0 Å². The zero-order chi connectivity index (χ0) is 16.7. The molecule has 0 aromatic heterocycles. The SMILES string of the molecule is CC(=O)Nc1ccc(C(O)CCN(C)Cc2ccccc2)cc1. The largest absolute Gasteiger partial charge is 0.388 e. The number of carbonyl (C=O) groups excluding carboxylic acids is 1. The average Bonchev–Trinajstić information content (AvgIpc) is 2.54. The van der Waals surface area contributed by atoms with E-state index in [4.69, 9.17) is 0 Å². The zero-order valence-electron chi connectivity index (χ0n) is 13.7. The maximum atomic E-state index is 11.0. The Hall–Kier alpha value is -2.17. The van der Waals surface area contributed by atoms with Gasteiger partial charge < -0.3 is 15.3 Å². The molecule has 2 N–H and O–H groups in total. The number of nitrogens with one attached hydrogen (secondary N) is 1. The number of aliphatic hydroxyl groups excluding tert-OH is 1. The smallest absolute Gasteiger partial charge is 0.221 e. The van der Waals surface area contributed by atoms with Gasteiger partial charge >= 0.3 is 0 Å². The van der Waals surface area contributed by atoms with E-state index in [1.807, 2.05) is 42.5 Å². The van der Waals surface area contributed by atoms with Crippen LogP contribution in [0.5, 0.6) is 0 Å². The van der Waals surface area contributed by atoms with E-state index in [-0.39, 0.29) is 5.91 Å². The Kier molecular flexibility index (Phi) is 6.32. The second-order valence-corrected chi connectivity index (χ2v) is 5.83. The highest BCUT2D eigenvalue weighted by atomic mass is 16.3. The van der Waals surface area contributed by atoms with Crippen LogP contribution in [-0.4, -0.2) is 29.5 Å². The third kappa shape index (κ3) is 5.85. The monoisotopic (exact) mass is 312 g/mol. The number of nitrogens with zero attached hydrogens (tertiary/aromatic N) is 1. The van der Waals surface area contributed by atoms with Crippen LogP contribution in [0.4, 0.5) is 5.69 Å². The van der Waals surface area contributed by atoms with E-state index < -0.39 is 6.10 Å². The van der Waals surface area contributed by atoms with Crippen LogP contribution >= 0.6 is 0 Å². The van der Waals surface area contributed by atoms with Crippen LogP contribution in [0.25, 0.3) is 0 Å². The summed E-state index contributed by atoms with van der Waals surface area (Å²) in [5.74, 6) is -0.0964. The fourth-order valence-corrected chi connectivity index (χ4v) is 2.48. The number of hydrogen-bond donors (Lipinski definition) is 2. The second-order valence-electron chi connectivity index (χ2n) is 5.83. The second kappa shape index (κ2) is 8.46. The van der Waals surface area contributed by atoms with Gasteiger partial charge in [-0.15, -0.1) is 0 Å². The summed E-state index contributed by atoms with van der Waals surface area (Å²) < 4.78 is 0. The van der Waals surface area contributed by atoms with Gasteiger partial charge in [0.2, 0.25) is 5.91 Å². The number of benzene rings is 2. The minimum Gasteiger partial charge on any atom is -0.388 e. The van der Waals surface area contributed by atoms with Crippen molar-refractivity contribution >= 4 is 11.6 Å². The summed E-state index contributed by atoms with van der Waals surface area (Å²) in [5.41, 5.74) is 2.88. The van der Waals surface area contributed by atoms with Gasteiger partial charge in [0.1, 0.15) is 0 Å². The van der Waals surface area contributed by atoms with Gasteiger partial charge in [-0.25, -0.2) is 0 Å². The number of aliphatic hydroxyl groups is 1. The highest BCUT2D eigenvalue weighted by Gasteiger charge is 2.09. The van der Waals surface area contributed by atoms with Crippen molar-refractivity contribution in [2.75, 3.05) is 18.9 Å². The molecule has 1 unspecified atom stereocenters. The normalized spacial score (nSPS) is 12.2. The molecule has 0 radical (unpaired) electrons. The van der Waals surface area contributed by atoms with Crippen LogP contribution in [-0.2, 0) is 11.3 Å². The first-order chi connectivity index (χ1) is 11.0. The maximum absolute atomic E-state index is 11.0. The van der Waals surface area contributed by atoms with Gasteiger partial charge in [0.05, 0.1) is 6.10 Å². The molecule has 1 amide bonds. The van der Waals surface area contributed by atoms with Gasteiger partial charge in [-0.3, -0.25) is 4.79 Å². The Balaban J connectivity index is 1.81. The summed E-state index contributed by atoms with van der Waals surface area (Å²) in [7, 11) is 2.06. The van der Waals surface area contributed by atoms with E-state index in [0.29, 0.717) is 6.42 Å². The molecule has 0 aliphatic rings. The average molecular weight is 312 g/mol. The van der Waals surface area contributed by atoms with E-state index in [1.54, 1.807) is 0 Å². The zero-order valence-corrected chi connectivity index (χ0v) is 13.7. The van der Waals surface area contributed by atoms with Crippen molar-refractivity contribution < 1.29 is 9.90 Å². The van der Waals surface area contributed by atoms with E-state index >= 15 is 0 Å². The Labute approximate surface area is 137 Å². The third-order valence-electron chi connectivity index (χ3n) is 3.70. The molecule has 2 aromatic rings. The molecule has 4 nitrogen and oxygen atoms in total. The topological polar surface area (TPSA) is 52.6 Å². The molecule has 0 saturated heterocycles. The number of rotatable bonds is 7. The summed E-state index contributed by atoms with van der Waals surface area (Å²) >= 11 is 0. The summed E-state index contributed by atoms with van der Waals surface area (Å²) in [5, 5.41) is 13.0. The van der Waals surface area contributed by atoms with Crippen LogP contribution in [0, 0.1) is 0 Å². The first-order valence-corrected chi connectivity index (χ1v) is 7.82. The quantitative estimate of drug-likeness (QED) is 0.825. The molecule has 0 heterocycles. The molecule has 23 heavy (non-hydrogen) atoms. The Bertz CT molecular complexity index is 611. The molecule has 0 bridgehead atoms. The Morgan fingerprint density at radius 2 is 1.78 bits per heavy atom. The molecule has 0 aliphatic carbocycles. The van der Waals surface area contributed by atoms with Crippen LogP contribution in [0.3, 0.4) is 0 Å². The van der Waals surface area contributed by atoms with Crippen molar-refractivity contribution in [3.8, 4) is 0 Å². The summed E-state index contributed by atoms with van der Waals surface area (Å²) in [6.45, 7) is 3.16. The molecule has 2 aromatic carbocycles. The molecular formula is C19H24N2O2. The van der Waals surface area contributed by atoms with Gasteiger partial charge in [-0.2, -0.15) is 0 Å². The molecule has 4 heteroatoms. The predicted molar refractivity (Wildman–Crippen MR) is 93.1 cm³/mol. The minimum absolute atomic E-state index is 0.0964. The fraction of sp³-hybridized carbons (Fsp3) is 0.316. The molecule has 2 rings (SSSR count).